The predicted octanol–water partition coefficient (Wildman–Crippen LogP) is 1.99. The number of carboxylic acid groups (broad SMARTS) is 1. The Kier molecular flexibility index (Phi) is 6.13. The third kappa shape index (κ3) is 4.98. The van der Waals surface area contributed by atoms with Crippen LogP contribution in [0.5, 0.6) is 0 Å². The van der Waals surface area contributed by atoms with E-state index in [1.165, 1.54) is 11.8 Å². The van der Waals surface area contributed by atoms with Crippen LogP contribution in [0, 0.1) is 26.2 Å². The molecule has 0 saturated carbocycles. The fourth-order valence-electron chi connectivity index (χ4n) is 1.56. The minimum Gasteiger partial charge on any atom is -0.480 e. The molecule has 0 saturated heterocycles. The third-order valence-corrected chi connectivity index (χ3v) is 3.82. The van der Waals surface area contributed by atoms with Crippen LogP contribution in [0.4, 0.5) is 0 Å². The van der Waals surface area contributed by atoms with Crippen molar-refractivity contribution in [3.63, 3.8) is 0 Å². The molecule has 0 aliphatic rings. The molecule has 0 bridgehead atoms. The highest BCUT2D eigenvalue weighted by molar-refractivity contribution is 8.00. The molecule has 0 aliphatic carbocycles. The fraction of sp³-hybridized carbons (Fsp3) is 0.333. The zero-order chi connectivity index (χ0) is 15.1. The van der Waals surface area contributed by atoms with Crippen LogP contribution in [0.15, 0.2) is 23.1 Å². The molecule has 1 atom stereocenters. The Bertz CT molecular complexity index is 549. The average molecular weight is 291 g/mol. The SMILES string of the molecule is C#CCC(NC(=O)CSc1cc(C)ccc1C)C(=O)O. The van der Waals surface area contributed by atoms with E-state index in [0.29, 0.717) is 0 Å². The quantitative estimate of drug-likeness (QED) is 0.621. The summed E-state index contributed by atoms with van der Waals surface area (Å²) in [6.07, 6.45) is 5.06. The molecule has 0 aliphatic heterocycles. The first-order valence-corrected chi connectivity index (χ1v) is 7.08. The molecule has 0 aromatic heterocycles. The lowest BCUT2D eigenvalue weighted by Crippen LogP contribution is -2.41. The van der Waals surface area contributed by atoms with Gasteiger partial charge < -0.3 is 10.4 Å². The van der Waals surface area contributed by atoms with Gasteiger partial charge in [0.1, 0.15) is 6.04 Å². The second kappa shape index (κ2) is 7.61. The van der Waals surface area contributed by atoms with Crippen LogP contribution < -0.4 is 5.32 Å². The summed E-state index contributed by atoms with van der Waals surface area (Å²) in [5.41, 5.74) is 2.21. The van der Waals surface area contributed by atoms with Crippen molar-refractivity contribution in [3.8, 4) is 12.3 Å². The summed E-state index contributed by atoms with van der Waals surface area (Å²) in [5.74, 6) is 0.956. The van der Waals surface area contributed by atoms with Gasteiger partial charge in [-0.3, -0.25) is 4.79 Å². The Balaban J connectivity index is 2.57. The number of thioether (sulfide) groups is 1. The van der Waals surface area contributed by atoms with Crippen molar-refractivity contribution in [2.24, 2.45) is 0 Å². The van der Waals surface area contributed by atoms with Crippen LogP contribution in [-0.2, 0) is 9.59 Å². The predicted molar refractivity (Wildman–Crippen MR) is 79.7 cm³/mol. The van der Waals surface area contributed by atoms with Crippen molar-refractivity contribution in [1.29, 1.82) is 0 Å². The molecule has 0 heterocycles. The maximum atomic E-state index is 11.7. The van der Waals surface area contributed by atoms with E-state index in [1.54, 1.807) is 0 Å². The van der Waals surface area contributed by atoms with E-state index in [2.05, 4.69) is 11.2 Å². The summed E-state index contributed by atoms with van der Waals surface area (Å²) in [4.78, 5) is 23.6. The van der Waals surface area contributed by atoms with Crippen molar-refractivity contribution < 1.29 is 14.7 Å². The Labute approximate surface area is 123 Å². The number of hydrogen-bond acceptors (Lipinski definition) is 3. The molecule has 2 N–H and O–H groups in total. The molecule has 0 radical (unpaired) electrons. The van der Waals surface area contributed by atoms with Crippen LogP contribution in [0.1, 0.15) is 17.5 Å². The molecular formula is C15H17NO3S. The average Bonchev–Trinajstić information content (AvgIpc) is 2.39. The van der Waals surface area contributed by atoms with E-state index in [0.717, 1.165) is 16.0 Å². The number of carboxylic acids is 1. The highest BCUT2D eigenvalue weighted by atomic mass is 32.2. The van der Waals surface area contributed by atoms with E-state index >= 15 is 0 Å². The minimum absolute atomic E-state index is 0.0186. The number of carbonyl (C=O) groups is 2. The molecule has 1 aromatic carbocycles. The molecule has 1 aromatic rings. The zero-order valence-electron chi connectivity index (χ0n) is 11.5. The molecule has 20 heavy (non-hydrogen) atoms. The van der Waals surface area contributed by atoms with Gasteiger partial charge in [-0.25, -0.2) is 4.79 Å². The Morgan fingerprint density at radius 3 is 2.75 bits per heavy atom. The van der Waals surface area contributed by atoms with Gasteiger partial charge in [0, 0.05) is 11.3 Å². The third-order valence-electron chi connectivity index (χ3n) is 2.66. The summed E-state index contributed by atoms with van der Waals surface area (Å²) in [6.45, 7) is 3.95. The van der Waals surface area contributed by atoms with Crippen molar-refractivity contribution in [2.75, 3.05) is 5.75 Å². The van der Waals surface area contributed by atoms with E-state index in [9.17, 15) is 9.59 Å². The number of rotatable bonds is 6. The van der Waals surface area contributed by atoms with Gasteiger partial charge in [-0.05, 0) is 25.5 Å². The Morgan fingerprint density at radius 2 is 2.15 bits per heavy atom. The van der Waals surface area contributed by atoms with Crippen molar-refractivity contribution in [3.05, 3.63) is 29.3 Å². The molecule has 1 unspecified atom stereocenters. The van der Waals surface area contributed by atoms with Gasteiger partial charge in [-0.15, -0.1) is 24.1 Å². The number of amides is 1. The second-order valence-corrected chi connectivity index (χ2v) is 5.44. The number of benzene rings is 1. The molecular weight excluding hydrogens is 274 g/mol. The number of hydrogen-bond donors (Lipinski definition) is 2. The lowest BCUT2D eigenvalue weighted by Gasteiger charge is -2.12. The number of carbonyl (C=O) groups excluding carboxylic acids is 1. The topological polar surface area (TPSA) is 66.4 Å². The van der Waals surface area contributed by atoms with Gasteiger partial charge >= 0.3 is 5.97 Å². The van der Waals surface area contributed by atoms with Gasteiger partial charge in [-0.1, -0.05) is 17.7 Å². The van der Waals surface area contributed by atoms with Crippen LogP contribution in [-0.4, -0.2) is 28.8 Å². The zero-order valence-corrected chi connectivity index (χ0v) is 12.3. The lowest BCUT2D eigenvalue weighted by molar-refractivity contribution is -0.141. The summed E-state index contributed by atoms with van der Waals surface area (Å²) < 4.78 is 0. The minimum atomic E-state index is -1.12. The van der Waals surface area contributed by atoms with Crippen LogP contribution in [0.25, 0.3) is 0 Å². The van der Waals surface area contributed by atoms with Gasteiger partial charge in [0.15, 0.2) is 0 Å². The number of nitrogens with one attached hydrogen (secondary N) is 1. The van der Waals surface area contributed by atoms with Gasteiger partial charge in [-0.2, -0.15) is 0 Å². The summed E-state index contributed by atoms with van der Waals surface area (Å²) in [5, 5.41) is 11.3. The first-order chi connectivity index (χ1) is 9.43. The maximum absolute atomic E-state index is 11.7. The Hall–Kier alpha value is -1.93. The lowest BCUT2D eigenvalue weighted by atomic mass is 10.2. The van der Waals surface area contributed by atoms with E-state index in [1.807, 2.05) is 32.0 Å². The van der Waals surface area contributed by atoms with Crippen molar-refractivity contribution in [2.45, 2.75) is 31.2 Å². The van der Waals surface area contributed by atoms with Gasteiger partial charge in [0.05, 0.1) is 5.75 Å². The van der Waals surface area contributed by atoms with E-state index < -0.39 is 12.0 Å². The van der Waals surface area contributed by atoms with Crippen LogP contribution in [0.2, 0.25) is 0 Å². The molecule has 0 fully saturated rings. The monoisotopic (exact) mass is 291 g/mol. The standard InChI is InChI=1S/C15H17NO3S/c1-4-5-12(15(18)19)16-14(17)9-20-13-8-10(2)6-7-11(13)3/h1,6-8,12H,5,9H2,2-3H3,(H,16,17)(H,18,19). The molecule has 1 rings (SSSR count). The van der Waals surface area contributed by atoms with Gasteiger partial charge in [0.25, 0.3) is 0 Å². The fourth-order valence-corrected chi connectivity index (χ4v) is 2.49. The largest absolute Gasteiger partial charge is 0.480 e. The van der Waals surface area contributed by atoms with E-state index in [-0.39, 0.29) is 18.1 Å². The maximum Gasteiger partial charge on any atom is 0.327 e. The summed E-state index contributed by atoms with van der Waals surface area (Å²) in [6, 6.07) is 4.98. The Morgan fingerprint density at radius 1 is 1.45 bits per heavy atom. The smallest absolute Gasteiger partial charge is 0.327 e. The molecule has 106 valence electrons. The molecule has 4 nitrogen and oxygen atoms in total. The number of terminal acetylenes is 1. The highest BCUT2D eigenvalue weighted by Crippen LogP contribution is 2.23. The van der Waals surface area contributed by atoms with E-state index in [4.69, 9.17) is 11.5 Å². The first kappa shape index (κ1) is 16.1. The number of aryl methyl sites for hydroxylation is 2. The molecule has 1 amide bonds. The van der Waals surface area contributed by atoms with Crippen LogP contribution in [0.3, 0.4) is 0 Å². The molecule has 5 heteroatoms. The highest BCUT2D eigenvalue weighted by Gasteiger charge is 2.18. The normalized spacial score (nSPS) is 11.4. The summed E-state index contributed by atoms with van der Waals surface area (Å²) >= 11 is 1.38. The summed E-state index contributed by atoms with van der Waals surface area (Å²) in [7, 11) is 0. The molecule has 0 spiro atoms. The second-order valence-electron chi connectivity index (χ2n) is 4.42. The van der Waals surface area contributed by atoms with Gasteiger partial charge in [0.2, 0.25) is 5.91 Å². The first-order valence-electron chi connectivity index (χ1n) is 6.09. The number of aliphatic carboxylic acids is 1. The van der Waals surface area contributed by atoms with Crippen molar-refractivity contribution >= 4 is 23.6 Å². The van der Waals surface area contributed by atoms with Crippen LogP contribution >= 0.6 is 11.8 Å². The van der Waals surface area contributed by atoms with Crippen molar-refractivity contribution in [1.82, 2.24) is 5.32 Å².